The smallest absolute Gasteiger partial charge is 0.872 e. The summed E-state index contributed by atoms with van der Waals surface area (Å²) in [5.41, 5.74) is -10.6. The van der Waals surface area contributed by atoms with Crippen molar-refractivity contribution in [3.8, 4) is 11.5 Å². The summed E-state index contributed by atoms with van der Waals surface area (Å²) >= 11 is 0. The second-order valence-electron chi connectivity index (χ2n) is 9.83. The average Bonchev–Trinajstić information content (AvgIpc) is 3.39. The van der Waals surface area contributed by atoms with Gasteiger partial charge in [0.05, 0.1) is 11.1 Å². The zero-order valence-corrected chi connectivity index (χ0v) is 27.7. The van der Waals surface area contributed by atoms with Crippen LogP contribution in [0, 0.1) is 0 Å². The Labute approximate surface area is 273 Å². The Morgan fingerprint density at radius 3 is 1.07 bits per heavy atom. The summed E-state index contributed by atoms with van der Waals surface area (Å²) in [7, 11) is -12.2. The van der Waals surface area contributed by atoms with Gasteiger partial charge in [-0.25, -0.2) is 26.8 Å². The molecule has 2 aromatic rings. The number of alkyl halides is 6. The van der Waals surface area contributed by atoms with Crippen molar-refractivity contribution in [2.45, 2.75) is 49.8 Å². The van der Waals surface area contributed by atoms with E-state index in [0.29, 0.717) is 36.1 Å². The van der Waals surface area contributed by atoms with Crippen LogP contribution < -0.4 is 10.2 Å². The van der Waals surface area contributed by atoms with E-state index in [1.807, 2.05) is 39.8 Å². The summed E-state index contributed by atoms with van der Waals surface area (Å²) in [4.78, 5) is 8.69. The topological polar surface area (TPSA) is 204 Å². The van der Waals surface area contributed by atoms with Gasteiger partial charge >= 0.3 is 37.2 Å². The zero-order valence-electron chi connectivity index (χ0n) is 23.6. The molecule has 2 aliphatic heterocycles. The summed E-state index contributed by atoms with van der Waals surface area (Å²) in [5.74, 6) is 0.870. The summed E-state index contributed by atoms with van der Waals surface area (Å²) in [5, 5.41) is 22.9. The summed E-state index contributed by atoms with van der Waals surface area (Å²) in [6.07, 6.45) is 0. The molecule has 2 aliphatic rings. The Bertz CT molecular complexity index is 1460. The third-order valence-corrected chi connectivity index (χ3v) is 5.87. The maximum absolute atomic E-state index is 11.5. The van der Waals surface area contributed by atoms with Crippen molar-refractivity contribution < 1.29 is 98.2 Å². The molecule has 4 rings (SSSR count). The number of aliphatic imine (C=N–C) groups is 2. The molecule has 0 N–H and O–H groups in total. The van der Waals surface area contributed by atoms with E-state index in [9.17, 15) is 36.6 Å². The van der Waals surface area contributed by atoms with Crippen LogP contribution in [0.3, 0.4) is 0 Å². The van der Waals surface area contributed by atoms with Gasteiger partial charge in [0, 0.05) is 11.1 Å². The van der Waals surface area contributed by atoms with Gasteiger partial charge in [-0.1, -0.05) is 60.0 Å². The monoisotopic (exact) mass is 768 g/mol. The Hall–Kier alpha value is -2.74. The molecule has 0 amide bonds. The van der Waals surface area contributed by atoms with Gasteiger partial charge < -0.3 is 28.8 Å². The maximum atomic E-state index is 11.5. The number of hydrogen-bond donors (Lipinski definition) is 0. The standard InChI is InChI=1S/2C11H13NO2.2CHF3O3S.Zr/c2*1-11(2)7-14-10(12-11)8-5-3-4-6-9(8)13;2*2-1(3,4)8(5,6)7;/h2*3-6,13H,7H2,1-2H3;2*(H,5,6,7);/q;;;;+4/p-4. The number of hydrogen-bond acceptors (Lipinski definition) is 12. The molecule has 0 radical (unpaired) electrons. The average molecular weight is 770 g/mol. The maximum Gasteiger partial charge on any atom is 4.00 e. The third-order valence-electron chi connectivity index (χ3n) is 4.73. The fourth-order valence-corrected chi connectivity index (χ4v) is 2.73. The SMILES string of the molecule is CC1(C)COC(c2ccccc2[O-])=N1.CC1(C)COC(c2ccccc2[O-])=N1.O=S(=O)([O-])C(F)(F)F.O=S(=O)([O-])C(F)(F)F.[Zr+4]. The first kappa shape index (κ1) is 42.3. The van der Waals surface area contributed by atoms with Crippen molar-refractivity contribution in [1.29, 1.82) is 0 Å². The molecule has 45 heavy (non-hydrogen) atoms. The van der Waals surface area contributed by atoms with Crippen molar-refractivity contribution in [3.63, 3.8) is 0 Å². The first-order valence-electron chi connectivity index (χ1n) is 11.7. The number of halogens is 6. The van der Waals surface area contributed by atoms with E-state index in [1.165, 1.54) is 12.1 Å². The summed E-state index contributed by atoms with van der Waals surface area (Å²) in [6.45, 7) is 9.00. The number of ether oxygens (including phenoxy) is 2. The molecule has 0 saturated carbocycles. The van der Waals surface area contributed by atoms with Gasteiger partial charge in [-0.15, -0.1) is 0 Å². The van der Waals surface area contributed by atoms with Crippen LogP contribution in [-0.2, 0) is 55.9 Å². The van der Waals surface area contributed by atoms with Crippen LogP contribution in [0.4, 0.5) is 26.3 Å². The van der Waals surface area contributed by atoms with Crippen LogP contribution in [0.2, 0.25) is 0 Å². The Kier molecular flexibility index (Phi) is 14.7. The van der Waals surface area contributed by atoms with Gasteiger partial charge in [-0.05, 0) is 27.7 Å². The first-order chi connectivity index (χ1) is 19.7. The predicted octanol–water partition coefficient (Wildman–Crippen LogP) is 2.73. The minimum atomic E-state index is -6.09. The van der Waals surface area contributed by atoms with Crippen molar-refractivity contribution in [2.24, 2.45) is 9.98 Å². The van der Waals surface area contributed by atoms with Crippen molar-refractivity contribution >= 4 is 32.0 Å². The van der Waals surface area contributed by atoms with E-state index in [0.717, 1.165) is 0 Å². The van der Waals surface area contributed by atoms with Crippen LogP contribution in [0.5, 0.6) is 11.5 Å². The summed E-state index contributed by atoms with van der Waals surface area (Å²) in [6, 6.07) is 13.6. The molecule has 0 saturated heterocycles. The molecule has 0 aliphatic carbocycles. The van der Waals surface area contributed by atoms with Crippen LogP contribution >= 0.6 is 0 Å². The van der Waals surface area contributed by atoms with Gasteiger partial charge in [-0.2, -0.15) is 26.3 Å². The molecule has 248 valence electrons. The van der Waals surface area contributed by atoms with Gasteiger partial charge in [-0.3, -0.25) is 0 Å². The second-order valence-corrected chi connectivity index (χ2v) is 12.6. The molecule has 12 nitrogen and oxygen atoms in total. The van der Waals surface area contributed by atoms with E-state index in [1.54, 1.807) is 24.3 Å². The molecule has 0 aromatic heterocycles. The van der Waals surface area contributed by atoms with E-state index in [-0.39, 0.29) is 48.8 Å². The van der Waals surface area contributed by atoms with E-state index >= 15 is 0 Å². The quantitative estimate of drug-likeness (QED) is 0.248. The fraction of sp³-hybridized carbons (Fsp3) is 0.417. The largest absolute Gasteiger partial charge is 4.00 e. The van der Waals surface area contributed by atoms with Crippen molar-refractivity contribution in [2.75, 3.05) is 13.2 Å². The molecule has 21 heteroatoms. The van der Waals surface area contributed by atoms with Crippen LogP contribution in [0.25, 0.3) is 0 Å². The first-order valence-corrected chi connectivity index (χ1v) is 14.5. The summed E-state index contributed by atoms with van der Waals surface area (Å²) < 4.78 is 129. The molecule has 0 bridgehead atoms. The molecule has 0 unspecified atom stereocenters. The van der Waals surface area contributed by atoms with Crippen LogP contribution in [0.1, 0.15) is 38.8 Å². The van der Waals surface area contributed by atoms with Gasteiger partial charge in [0.2, 0.25) is 11.8 Å². The van der Waals surface area contributed by atoms with Gasteiger partial charge in [0.1, 0.15) is 13.2 Å². The molecule has 2 aromatic carbocycles. The van der Waals surface area contributed by atoms with Crippen LogP contribution in [-0.4, -0.2) is 73.0 Å². The van der Waals surface area contributed by atoms with E-state index in [2.05, 4.69) is 9.98 Å². The molecule has 0 spiro atoms. The number of rotatable bonds is 2. The Morgan fingerprint density at radius 1 is 0.644 bits per heavy atom. The van der Waals surface area contributed by atoms with Crippen molar-refractivity contribution in [3.05, 3.63) is 59.7 Å². The molecule has 0 atom stereocenters. The van der Waals surface area contributed by atoms with E-state index < -0.39 is 31.3 Å². The van der Waals surface area contributed by atoms with E-state index in [4.69, 9.17) is 35.4 Å². The molecule has 2 heterocycles. The minimum Gasteiger partial charge on any atom is -0.872 e. The third kappa shape index (κ3) is 14.1. The van der Waals surface area contributed by atoms with Crippen LogP contribution in [0.15, 0.2) is 58.5 Å². The number of para-hydroxylation sites is 2. The number of nitrogens with zero attached hydrogens (tertiary/aromatic N) is 2. The molecule has 0 fully saturated rings. The Morgan fingerprint density at radius 2 is 0.889 bits per heavy atom. The molecular weight excluding hydrogens is 746 g/mol. The number of benzene rings is 2. The predicted molar refractivity (Wildman–Crippen MR) is 136 cm³/mol. The second kappa shape index (κ2) is 15.7. The van der Waals surface area contributed by atoms with Gasteiger partial charge in [0.25, 0.3) is 0 Å². The Balaban J connectivity index is 0.000000592. The fourth-order valence-electron chi connectivity index (χ4n) is 2.73. The van der Waals surface area contributed by atoms with Gasteiger partial charge in [0.15, 0.2) is 20.2 Å². The molecular formula is C24H24F6N2O10S2Zr. The normalized spacial score (nSPS) is 16.7. The zero-order chi connectivity index (χ0) is 34.4. The van der Waals surface area contributed by atoms with Crippen molar-refractivity contribution in [1.82, 2.24) is 0 Å². The minimum absolute atomic E-state index is 0.